The van der Waals surface area contributed by atoms with E-state index in [2.05, 4.69) is 0 Å². The average Bonchev–Trinajstić information content (AvgIpc) is 2.73. The van der Waals surface area contributed by atoms with Crippen LogP contribution in [0.4, 0.5) is 0 Å². The number of carbonyl (C=O) groups excluding carboxylic acids is 1. The van der Waals surface area contributed by atoms with Gasteiger partial charge in [-0.05, 0) is 37.5 Å². The van der Waals surface area contributed by atoms with E-state index in [0.29, 0.717) is 31.9 Å². The molecule has 1 aromatic carbocycles. The molecule has 1 atom stereocenters. The summed E-state index contributed by atoms with van der Waals surface area (Å²) in [5.41, 5.74) is 6.16. The summed E-state index contributed by atoms with van der Waals surface area (Å²) >= 11 is 0. The molecule has 0 aliphatic carbocycles. The highest BCUT2D eigenvalue weighted by molar-refractivity contribution is 7.89. The Balaban J connectivity index is 0.00000280. The number of benzene rings is 1. The van der Waals surface area contributed by atoms with Gasteiger partial charge in [-0.1, -0.05) is 0 Å². The number of nitrogens with two attached hydrogens (primary N) is 1. The number of rotatable bonds is 5. The second kappa shape index (κ2) is 9.89. The van der Waals surface area contributed by atoms with Crippen molar-refractivity contribution < 1.29 is 22.7 Å². The summed E-state index contributed by atoms with van der Waals surface area (Å²) in [6.07, 6.45) is 2.85. The minimum Gasteiger partial charge on any atom is -0.495 e. The quantitative estimate of drug-likeness (QED) is 0.745. The first kappa shape index (κ1) is 22.9. The molecule has 2 fully saturated rings. The number of ether oxygens (including phenoxy) is 2. The normalized spacial score (nSPS) is 21.1. The molecule has 10 heteroatoms. The molecule has 0 aromatic heterocycles. The second-order valence-corrected chi connectivity index (χ2v) is 8.67. The van der Waals surface area contributed by atoms with Gasteiger partial charge in [-0.2, -0.15) is 4.31 Å². The van der Waals surface area contributed by atoms with Crippen LogP contribution in [-0.2, 0) is 14.8 Å². The van der Waals surface area contributed by atoms with Gasteiger partial charge >= 0.3 is 0 Å². The Morgan fingerprint density at radius 3 is 2.61 bits per heavy atom. The predicted molar refractivity (Wildman–Crippen MR) is 108 cm³/mol. The molecule has 0 saturated carbocycles. The van der Waals surface area contributed by atoms with Gasteiger partial charge in [0, 0.05) is 37.8 Å². The van der Waals surface area contributed by atoms with Gasteiger partial charge in [0.05, 0.1) is 20.3 Å². The molecule has 2 saturated heterocycles. The van der Waals surface area contributed by atoms with E-state index in [1.54, 1.807) is 17.0 Å². The zero-order chi connectivity index (χ0) is 19.4. The topological polar surface area (TPSA) is 102 Å². The van der Waals surface area contributed by atoms with Crippen molar-refractivity contribution in [3.8, 4) is 5.75 Å². The van der Waals surface area contributed by atoms with Gasteiger partial charge in [0.15, 0.2) is 0 Å². The number of amides is 1. The van der Waals surface area contributed by atoms with Crippen molar-refractivity contribution in [1.29, 1.82) is 0 Å². The standard InChI is InChI=1S/C18H27N3O5S.ClH/c1-25-16-6-5-14(18(22)21-7-3-2-4-15(21)13-19)12-17(16)27(23,24)20-8-10-26-11-9-20;/h5-6,12,15H,2-4,7-11,13,19H2,1H3;1H. The number of hydrogen-bond donors (Lipinski definition) is 1. The van der Waals surface area contributed by atoms with Crippen molar-refractivity contribution in [1.82, 2.24) is 9.21 Å². The Morgan fingerprint density at radius 2 is 1.96 bits per heavy atom. The molecule has 8 nitrogen and oxygen atoms in total. The third-order valence-electron chi connectivity index (χ3n) is 5.16. The zero-order valence-corrected chi connectivity index (χ0v) is 17.6. The SMILES string of the molecule is COc1ccc(C(=O)N2CCCCC2CN)cc1S(=O)(=O)N1CCOCC1.Cl. The van der Waals surface area contributed by atoms with Crippen LogP contribution in [0.15, 0.2) is 23.1 Å². The minimum absolute atomic E-state index is 0. The number of hydrogen-bond acceptors (Lipinski definition) is 6. The van der Waals surface area contributed by atoms with Gasteiger partial charge in [-0.25, -0.2) is 8.42 Å². The molecule has 1 amide bonds. The van der Waals surface area contributed by atoms with E-state index < -0.39 is 10.0 Å². The number of piperidine rings is 1. The Labute approximate surface area is 172 Å². The van der Waals surface area contributed by atoms with Crippen LogP contribution in [0.5, 0.6) is 5.75 Å². The molecule has 3 rings (SSSR count). The van der Waals surface area contributed by atoms with Gasteiger partial charge in [-0.3, -0.25) is 4.79 Å². The summed E-state index contributed by atoms with van der Waals surface area (Å²) in [6.45, 7) is 2.31. The molecule has 0 radical (unpaired) electrons. The first-order valence-corrected chi connectivity index (χ1v) is 10.7. The number of nitrogens with zero attached hydrogens (tertiary/aromatic N) is 2. The molecule has 0 bridgehead atoms. The summed E-state index contributed by atoms with van der Waals surface area (Å²) < 4.78 is 38.0. The maximum Gasteiger partial charge on any atom is 0.254 e. The highest BCUT2D eigenvalue weighted by atomic mass is 35.5. The van der Waals surface area contributed by atoms with E-state index in [0.717, 1.165) is 19.3 Å². The molecule has 2 aliphatic heterocycles. The molecule has 1 unspecified atom stereocenters. The second-order valence-electron chi connectivity index (χ2n) is 6.77. The highest BCUT2D eigenvalue weighted by Gasteiger charge is 2.32. The lowest BCUT2D eigenvalue weighted by Crippen LogP contribution is -2.47. The van der Waals surface area contributed by atoms with Crippen LogP contribution in [0.3, 0.4) is 0 Å². The lowest BCUT2D eigenvalue weighted by Gasteiger charge is -2.35. The number of carbonyl (C=O) groups is 1. The first-order chi connectivity index (χ1) is 13.0. The molecular weight excluding hydrogens is 406 g/mol. The Kier molecular flexibility index (Phi) is 8.08. The van der Waals surface area contributed by atoms with Gasteiger partial charge in [0.25, 0.3) is 5.91 Å². The molecule has 2 N–H and O–H groups in total. The van der Waals surface area contributed by atoms with Crippen LogP contribution in [0.1, 0.15) is 29.6 Å². The Bertz CT molecular complexity index is 783. The van der Waals surface area contributed by atoms with Crippen molar-refractivity contribution in [3.05, 3.63) is 23.8 Å². The van der Waals surface area contributed by atoms with E-state index in [-0.39, 0.29) is 48.1 Å². The van der Waals surface area contributed by atoms with Crippen LogP contribution < -0.4 is 10.5 Å². The maximum absolute atomic E-state index is 13.1. The molecule has 28 heavy (non-hydrogen) atoms. The van der Waals surface area contributed by atoms with E-state index >= 15 is 0 Å². The third kappa shape index (κ3) is 4.60. The smallest absolute Gasteiger partial charge is 0.254 e. The van der Waals surface area contributed by atoms with Crippen molar-refractivity contribution >= 4 is 28.3 Å². The third-order valence-corrected chi connectivity index (χ3v) is 7.08. The molecule has 0 spiro atoms. The lowest BCUT2D eigenvalue weighted by molar-refractivity contribution is 0.0623. The summed E-state index contributed by atoms with van der Waals surface area (Å²) in [7, 11) is -2.36. The molecular formula is C18H28ClN3O5S. The number of morpholine rings is 1. The number of halogens is 1. The molecule has 2 aliphatic rings. The lowest BCUT2D eigenvalue weighted by atomic mass is 10.0. The summed E-state index contributed by atoms with van der Waals surface area (Å²) in [4.78, 5) is 14.8. The molecule has 1 aromatic rings. The van der Waals surface area contributed by atoms with Gasteiger partial charge in [0.1, 0.15) is 10.6 Å². The molecule has 158 valence electrons. The zero-order valence-electron chi connectivity index (χ0n) is 16.0. The Morgan fingerprint density at radius 1 is 1.25 bits per heavy atom. The predicted octanol–water partition coefficient (Wildman–Crippen LogP) is 1.09. The van der Waals surface area contributed by atoms with E-state index in [1.807, 2.05) is 0 Å². The van der Waals surface area contributed by atoms with Crippen LogP contribution in [-0.4, -0.2) is 76.1 Å². The van der Waals surface area contributed by atoms with Gasteiger partial charge in [-0.15, -0.1) is 12.4 Å². The van der Waals surface area contributed by atoms with Gasteiger partial charge < -0.3 is 20.1 Å². The van der Waals surface area contributed by atoms with Crippen molar-refractivity contribution in [2.24, 2.45) is 5.73 Å². The Hall–Kier alpha value is -1.39. The monoisotopic (exact) mass is 433 g/mol. The van der Waals surface area contributed by atoms with E-state index in [9.17, 15) is 13.2 Å². The fraction of sp³-hybridized carbons (Fsp3) is 0.611. The summed E-state index contributed by atoms with van der Waals surface area (Å²) in [5.74, 6) is 0.0401. The summed E-state index contributed by atoms with van der Waals surface area (Å²) in [6, 6.07) is 4.57. The number of likely N-dealkylation sites (tertiary alicyclic amines) is 1. The van der Waals surface area contributed by atoms with E-state index in [4.69, 9.17) is 15.2 Å². The minimum atomic E-state index is -3.78. The fourth-order valence-electron chi connectivity index (χ4n) is 3.62. The summed E-state index contributed by atoms with van der Waals surface area (Å²) in [5, 5.41) is 0. The average molecular weight is 434 g/mol. The first-order valence-electron chi connectivity index (χ1n) is 9.26. The fourth-order valence-corrected chi connectivity index (χ4v) is 5.21. The van der Waals surface area contributed by atoms with Crippen molar-refractivity contribution in [2.75, 3.05) is 46.5 Å². The van der Waals surface area contributed by atoms with Gasteiger partial charge in [0.2, 0.25) is 10.0 Å². The van der Waals surface area contributed by atoms with Crippen molar-refractivity contribution in [2.45, 2.75) is 30.2 Å². The van der Waals surface area contributed by atoms with Crippen molar-refractivity contribution in [3.63, 3.8) is 0 Å². The molecule has 2 heterocycles. The van der Waals surface area contributed by atoms with Crippen LogP contribution in [0.25, 0.3) is 0 Å². The number of sulfonamides is 1. The van der Waals surface area contributed by atoms with E-state index in [1.165, 1.54) is 17.5 Å². The van der Waals surface area contributed by atoms with Crippen LogP contribution in [0, 0.1) is 0 Å². The highest BCUT2D eigenvalue weighted by Crippen LogP contribution is 2.29. The van der Waals surface area contributed by atoms with Crippen LogP contribution >= 0.6 is 12.4 Å². The maximum atomic E-state index is 13.1. The van der Waals surface area contributed by atoms with Crippen LogP contribution in [0.2, 0.25) is 0 Å². The number of methoxy groups -OCH3 is 1. The largest absolute Gasteiger partial charge is 0.495 e.